The second-order valence-corrected chi connectivity index (χ2v) is 6.97. The van der Waals surface area contributed by atoms with Gasteiger partial charge in [-0.05, 0) is 23.9 Å². The molecule has 2 aromatic heterocycles. The summed E-state index contributed by atoms with van der Waals surface area (Å²) in [4.78, 5) is 11.6. The van der Waals surface area contributed by atoms with Crippen molar-refractivity contribution < 1.29 is 9.66 Å². The molecule has 1 aromatic carbocycles. The number of rotatable bonds is 3. The number of H-pyrrole nitrogens is 1. The number of aromatic nitrogens is 2. The molecule has 0 bridgehead atoms. The minimum Gasteiger partial charge on any atom is -0.420 e. The van der Waals surface area contributed by atoms with Crippen LogP contribution in [0.5, 0.6) is 5.88 Å². The second-order valence-electron chi connectivity index (χ2n) is 6.02. The molecule has 134 valence electrons. The van der Waals surface area contributed by atoms with Gasteiger partial charge < -0.3 is 10.5 Å². The summed E-state index contributed by atoms with van der Waals surface area (Å²) in [7, 11) is 0. The van der Waals surface area contributed by atoms with Gasteiger partial charge in [-0.1, -0.05) is 12.1 Å². The van der Waals surface area contributed by atoms with Gasteiger partial charge in [0.15, 0.2) is 0 Å². The van der Waals surface area contributed by atoms with E-state index in [1.807, 2.05) is 18.4 Å². The molecule has 0 fully saturated rings. The lowest BCUT2D eigenvalue weighted by Crippen LogP contribution is -2.20. The molecule has 4 rings (SSSR count). The van der Waals surface area contributed by atoms with Crippen LogP contribution >= 0.6 is 11.3 Å². The fourth-order valence-electron chi connectivity index (χ4n) is 3.18. The van der Waals surface area contributed by atoms with Crippen LogP contribution in [0.3, 0.4) is 0 Å². The molecule has 1 aliphatic heterocycles. The Labute approximate surface area is 157 Å². The van der Waals surface area contributed by atoms with Gasteiger partial charge in [-0.15, -0.1) is 16.4 Å². The van der Waals surface area contributed by atoms with Crippen molar-refractivity contribution in [3.8, 4) is 23.2 Å². The van der Waals surface area contributed by atoms with E-state index in [2.05, 4.69) is 16.3 Å². The van der Waals surface area contributed by atoms with E-state index in [0.717, 1.165) is 10.4 Å². The van der Waals surface area contributed by atoms with Gasteiger partial charge >= 0.3 is 0 Å². The summed E-state index contributed by atoms with van der Waals surface area (Å²) in [6.45, 7) is 1.96. The van der Waals surface area contributed by atoms with E-state index in [-0.39, 0.29) is 17.5 Å². The quantitative estimate of drug-likeness (QED) is 0.528. The molecule has 0 saturated heterocycles. The number of nitrogens with two attached hydrogens (primary N) is 1. The van der Waals surface area contributed by atoms with Crippen molar-refractivity contribution >= 4 is 17.0 Å². The van der Waals surface area contributed by atoms with Crippen molar-refractivity contribution in [2.24, 2.45) is 5.73 Å². The first-order valence-electron chi connectivity index (χ1n) is 7.96. The number of nitro benzene ring substituents is 1. The molecule has 1 unspecified atom stereocenters. The third-order valence-electron chi connectivity index (χ3n) is 4.45. The lowest BCUT2D eigenvalue weighted by Gasteiger charge is -2.23. The molecule has 9 heteroatoms. The monoisotopic (exact) mass is 379 g/mol. The number of hydrogen-bond donors (Lipinski definition) is 2. The van der Waals surface area contributed by atoms with Crippen molar-refractivity contribution in [2.75, 3.05) is 0 Å². The van der Waals surface area contributed by atoms with Crippen molar-refractivity contribution in [3.63, 3.8) is 0 Å². The number of thiophene rings is 1. The number of allylic oxidation sites excluding steroid dienone is 1. The topological polar surface area (TPSA) is 131 Å². The summed E-state index contributed by atoms with van der Waals surface area (Å²) in [5.41, 5.74) is 9.02. The van der Waals surface area contributed by atoms with Crippen LogP contribution in [0.4, 0.5) is 5.69 Å². The summed E-state index contributed by atoms with van der Waals surface area (Å²) >= 11 is 1.51. The maximum absolute atomic E-state index is 11.1. The Balaban J connectivity index is 1.95. The lowest BCUT2D eigenvalue weighted by atomic mass is 9.86. The highest BCUT2D eigenvalue weighted by molar-refractivity contribution is 7.10. The average Bonchev–Trinajstić information content (AvgIpc) is 3.26. The zero-order chi connectivity index (χ0) is 19.1. The van der Waals surface area contributed by atoms with Gasteiger partial charge in [-0.25, -0.2) is 0 Å². The summed E-state index contributed by atoms with van der Waals surface area (Å²) < 4.78 is 5.55. The zero-order valence-electron chi connectivity index (χ0n) is 14.1. The first-order valence-corrected chi connectivity index (χ1v) is 8.84. The van der Waals surface area contributed by atoms with Crippen LogP contribution < -0.4 is 10.5 Å². The molecular formula is C18H13N5O3S. The highest BCUT2D eigenvalue weighted by Gasteiger charge is 2.37. The number of hydrogen-bond acceptors (Lipinski definition) is 7. The summed E-state index contributed by atoms with van der Waals surface area (Å²) in [6, 6.07) is 10.3. The Kier molecular flexibility index (Phi) is 3.90. The fourth-order valence-corrected chi connectivity index (χ4v) is 4.23. The number of fused-ring (bicyclic) bond motifs is 1. The van der Waals surface area contributed by atoms with Crippen molar-refractivity contribution in [3.05, 3.63) is 73.3 Å². The van der Waals surface area contributed by atoms with Crippen molar-refractivity contribution in [1.82, 2.24) is 10.2 Å². The lowest BCUT2D eigenvalue weighted by molar-refractivity contribution is -0.384. The standard InChI is InChI=1S/C18H13N5O3S/c1-9-5-6-27-16(9)13-12(8-19)17(20)26-18-14(13)15(21-22-18)10-3-2-4-11(7-10)23(24)25/h2-7,13H,20H2,1H3,(H,21,22). The highest BCUT2D eigenvalue weighted by Crippen LogP contribution is 2.47. The third-order valence-corrected chi connectivity index (χ3v) is 5.53. The first kappa shape index (κ1) is 16.8. The van der Waals surface area contributed by atoms with Gasteiger partial charge in [-0.3, -0.25) is 15.2 Å². The average molecular weight is 379 g/mol. The SMILES string of the molecule is Cc1ccsc1C1C(C#N)=C(N)Oc2n[nH]c(-c3cccc([N+](=O)[O-])c3)c21. The first-order chi connectivity index (χ1) is 13.0. The van der Waals surface area contributed by atoms with Gasteiger partial charge in [0.2, 0.25) is 11.8 Å². The normalized spacial score (nSPS) is 15.8. The van der Waals surface area contributed by atoms with Gasteiger partial charge in [0.05, 0.1) is 22.1 Å². The molecule has 3 aromatic rings. The number of nitrogens with one attached hydrogen (secondary N) is 1. The van der Waals surface area contributed by atoms with E-state index < -0.39 is 10.8 Å². The molecule has 1 aliphatic rings. The number of benzene rings is 1. The van der Waals surface area contributed by atoms with Gasteiger partial charge in [0, 0.05) is 22.6 Å². The number of nitrogens with zero attached hydrogens (tertiary/aromatic N) is 3. The van der Waals surface area contributed by atoms with Gasteiger partial charge in [-0.2, -0.15) is 5.26 Å². The maximum atomic E-state index is 11.1. The van der Waals surface area contributed by atoms with Crippen LogP contribution in [0.25, 0.3) is 11.3 Å². The number of nitriles is 1. The number of aromatic amines is 1. The Morgan fingerprint density at radius 3 is 2.93 bits per heavy atom. The Bertz CT molecular complexity index is 1140. The van der Waals surface area contributed by atoms with E-state index in [9.17, 15) is 15.4 Å². The molecule has 8 nitrogen and oxygen atoms in total. The van der Waals surface area contributed by atoms with Crippen LogP contribution in [0.1, 0.15) is 21.9 Å². The van der Waals surface area contributed by atoms with Crippen LogP contribution in [0.15, 0.2) is 47.2 Å². The van der Waals surface area contributed by atoms with Crippen molar-refractivity contribution in [2.45, 2.75) is 12.8 Å². The van der Waals surface area contributed by atoms with E-state index in [1.165, 1.54) is 23.5 Å². The van der Waals surface area contributed by atoms with E-state index in [4.69, 9.17) is 10.5 Å². The highest BCUT2D eigenvalue weighted by atomic mass is 32.1. The summed E-state index contributed by atoms with van der Waals surface area (Å²) in [5, 5.41) is 29.8. The van der Waals surface area contributed by atoms with Gasteiger partial charge in [0.1, 0.15) is 11.6 Å². The molecule has 0 aliphatic carbocycles. The smallest absolute Gasteiger partial charge is 0.270 e. The van der Waals surface area contributed by atoms with Crippen molar-refractivity contribution in [1.29, 1.82) is 5.26 Å². The fraction of sp³-hybridized carbons (Fsp3) is 0.111. The van der Waals surface area contributed by atoms with Crippen LogP contribution in [0, 0.1) is 28.4 Å². The maximum Gasteiger partial charge on any atom is 0.270 e. The zero-order valence-corrected chi connectivity index (χ0v) is 14.9. The summed E-state index contributed by atoms with van der Waals surface area (Å²) in [5.74, 6) is -0.169. The Morgan fingerprint density at radius 2 is 2.26 bits per heavy atom. The minimum absolute atomic E-state index is 0.0138. The molecule has 0 saturated carbocycles. The molecular weight excluding hydrogens is 366 g/mol. The van der Waals surface area contributed by atoms with Gasteiger partial charge in [0.25, 0.3) is 5.69 Å². The van der Waals surface area contributed by atoms with Crippen LogP contribution in [0.2, 0.25) is 0 Å². The molecule has 0 radical (unpaired) electrons. The third kappa shape index (κ3) is 2.63. The van der Waals surface area contributed by atoms with E-state index in [0.29, 0.717) is 22.4 Å². The second kappa shape index (κ2) is 6.26. The predicted octanol–water partition coefficient (Wildman–Crippen LogP) is 3.57. The predicted molar refractivity (Wildman–Crippen MR) is 99.0 cm³/mol. The van der Waals surface area contributed by atoms with E-state index >= 15 is 0 Å². The molecule has 0 amide bonds. The largest absolute Gasteiger partial charge is 0.420 e. The molecule has 3 N–H and O–H groups in total. The number of nitro groups is 1. The molecule has 1 atom stereocenters. The number of aryl methyl sites for hydroxylation is 1. The van der Waals surface area contributed by atoms with Crippen LogP contribution in [-0.2, 0) is 0 Å². The van der Waals surface area contributed by atoms with E-state index in [1.54, 1.807) is 12.1 Å². The van der Waals surface area contributed by atoms with Crippen LogP contribution in [-0.4, -0.2) is 15.1 Å². The Morgan fingerprint density at radius 1 is 1.44 bits per heavy atom. The molecule has 0 spiro atoms. The molecule has 3 heterocycles. The molecule has 27 heavy (non-hydrogen) atoms. The number of non-ortho nitro benzene ring substituents is 1. The number of ether oxygens (including phenoxy) is 1. The summed E-state index contributed by atoms with van der Waals surface area (Å²) in [6.07, 6.45) is 0. The minimum atomic E-state index is -0.456. The Hall–Kier alpha value is -3.64.